The van der Waals surface area contributed by atoms with Crippen LogP contribution in [0.15, 0.2) is 30.6 Å². The third-order valence-corrected chi connectivity index (χ3v) is 4.00. The zero-order valence-corrected chi connectivity index (χ0v) is 13.0. The molecule has 3 rings (SSSR count). The Morgan fingerprint density at radius 1 is 1.30 bits per heavy atom. The normalized spacial score (nSPS) is 11.2. The van der Waals surface area contributed by atoms with Gasteiger partial charge in [0.25, 0.3) is 5.91 Å². The van der Waals surface area contributed by atoms with Crippen molar-refractivity contribution >= 4 is 33.4 Å². The van der Waals surface area contributed by atoms with E-state index in [0.29, 0.717) is 23.3 Å². The van der Waals surface area contributed by atoms with Crippen molar-refractivity contribution in [3.8, 4) is 0 Å². The number of halogens is 1. The molecule has 0 fully saturated rings. The quantitative estimate of drug-likeness (QED) is 0.538. The van der Waals surface area contributed by atoms with Crippen LogP contribution in [0.1, 0.15) is 36.5 Å². The lowest BCUT2D eigenvalue weighted by Gasteiger charge is -2.13. The second-order valence-electron chi connectivity index (χ2n) is 5.62. The molecule has 2 heterocycles. The first kappa shape index (κ1) is 15.3. The second kappa shape index (κ2) is 6.24. The number of fused-ring (bicyclic) bond motifs is 3. The van der Waals surface area contributed by atoms with E-state index < -0.39 is 5.91 Å². The Balaban J connectivity index is 2.04. The van der Waals surface area contributed by atoms with Crippen molar-refractivity contribution in [2.45, 2.75) is 26.2 Å². The fourth-order valence-corrected chi connectivity index (χ4v) is 2.77. The number of amides is 1. The Bertz CT molecular complexity index is 858. The second-order valence-corrected chi connectivity index (χ2v) is 5.62. The van der Waals surface area contributed by atoms with Crippen LogP contribution in [-0.4, -0.2) is 22.4 Å². The first-order valence-corrected chi connectivity index (χ1v) is 7.74. The number of nitrogens with two attached hydrogens (primary N) is 1. The lowest BCUT2D eigenvalue weighted by atomic mass is 10.1. The maximum Gasteiger partial charge on any atom is 0.252 e. The molecule has 3 aromatic rings. The highest BCUT2D eigenvalue weighted by Gasteiger charge is 2.14. The summed E-state index contributed by atoms with van der Waals surface area (Å²) in [6.45, 7) is 2.45. The van der Waals surface area contributed by atoms with Crippen molar-refractivity contribution in [1.82, 2.24) is 9.97 Å². The number of hydrogen-bond donors (Lipinski definition) is 2. The van der Waals surface area contributed by atoms with Crippen molar-refractivity contribution in [2.24, 2.45) is 5.73 Å². The molecule has 2 aromatic heterocycles. The number of aromatic nitrogens is 2. The van der Waals surface area contributed by atoms with Gasteiger partial charge in [-0.25, -0.2) is 5.12 Å². The lowest BCUT2D eigenvalue weighted by Crippen LogP contribution is -2.13. The molecule has 1 aromatic carbocycles. The van der Waals surface area contributed by atoms with Gasteiger partial charge in [0.15, 0.2) is 0 Å². The summed E-state index contributed by atoms with van der Waals surface area (Å²) >= 11 is 0. The van der Waals surface area contributed by atoms with Crippen molar-refractivity contribution in [3.63, 3.8) is 0 Å². The molecule has 0 unspecified atom stereocenters. The topological polar surface area (TPSA) is 75.0 Å². The lowest BCUT2D eigenvalue weighted by molar-refractivity contribution is 0.100. The van der Waals surface area contributed by atoms with Crippen LogP contribution < -0.4 is 10.9 Å². The van der Waals surface area contributed by atoms with Gasteiger partial charge in [-0.2, -0.15) is 0 Å². The molecule has 0 bridgehead atoms. The number of nitrogens with one attached hydrogen (secondary N) is 1. The van der Waals surface area contributed by atoms with Gasteiger partial charge >= 0.3 is 0 Å². The molecule has 0 aliphatic carbocycles. The molecule has 0 saturated carbocycles. The molecule has 1 amide bonds. The fourth-order valence-electron chi connectivity index (χ4n) is 2.77. The molecule has 0 aliphatic heterocycles. The van der Waals surface area contributed by atoms with Gasteiger partial charge < -0.3 is 10.7 Å². The van der Waals surface area contributed by atoms with E-state index >= 15 is 0 Å². The van der Waals surface area contributed by atoms with Gasteiger partial charge in [-0.3, -0.25) is 9.78 Å². The Kier molecular flexibility index (Phi) is 4.14. The molecule has 0 atom stereocenters. The number of H-pyrrole nitrogens is 1. The third kappa shape index (κ3) is 2.84. The number of rotatable bonds is 6. The van der Waals surface area contributed by atoms with Crippen LogP contribution in [0.4, 0.5) is 10.2 Å². The van der Waals surface area contributed by atoms with Crippen LogP contribution in [0.5, 0.6) is 0 Å². The predicted molar refractivity (Wildman–Crippen MR) is 90.1 cm³/mol. The summed E-state index contributed by atoms with van der Waals surface area (Å²) in [5.74, 6) is -0.540. The first-order chi connectivity index (χ1) is 11.1. The van der Waals surface area contributed by atoms with E-state index in [1.165, 1.54) is 6.20 Å². The number of aromatic amines is 1. The van der Waals surface area contributed by atoms with Crippen molar-refractivity contribution in [2.75, 3.05) is 11.7 Å². The molecule has 5 nitrogen and oxygen atoms in total. The van der Waals surface area contributed by atoms with Gasteiger partial charge in [-0.1, -0.05) is 24.2 Å². The summed E-state index contributed by atoms with van der Waals surface area (Å²) < 4.78 is 14.2. The number of anilines is 1. The maximum atomic E-state index is 14.2. The van der Waals surface area contributed by atoms with Crippen molar-refractivity contribution in [1.29, 1.82) is 0 Å². The average Bonchev–Trinajstić information content (AvgIpc) is 2.92. The highest BCUT2D eigenvalue weighted by Crippen LogP contribution is 2.30. The van der Waals surface area contributed by atoms with E-state index in [1.807, 2.05) is 6.07 Å². The monoisotopic (exact) mass is 314 g/mol. The average molecular weight is 314 g/mol. The van der Waals surface area contributed by atoms with Crippen molar-refractivity contribution in [3.05, 3.63) is 36.2 Å². The Morgan fingerprint density at radius 3 is 2.87 bits per heavy atom. The van der Waals surface area contributed by atoms with E-state index in [-0.39, 0.29) is 0 Å². The van der Waals surface area contributed by atoms with E-state index in [2.05, 4.69) is 16.9 Å². The summed E-state index contributed by atoms with van der Waals surface area (Å²) in [4.78, 5) is 18.7. The molecule has 0 aliphatic rings. The third-order valence-electron chi connectivity index (χ3n) is 4.00. The van der Waals surface area contributed by atoms with Crippen LogP contribution in [0.25, 0.3) is 21.8 Å². The van der Waals surface area contributed by atoms with Gasteiger partial charge in [0.05, 0.1) is 23.3 Å². The summed E-state index contributed by atoms with van der Waals surface area (Å²) in [6, 6.07) is 5.30. The van der Waals surface area contributed by atoms with Crippen LogP contribution >= 0.6 is 0 Å². The number of benzene rings is 1. The summed E-state index contributed by atoms with van der Waals surface area (Å²) in [5.41, 5.74) is 7.67. The highest BCUT2D eigenvalue weighted by atomic mass is 19.2. The standard InChI is InChI=1S/C17H19FN4O/c1-2-3-4-7-22(18)11-5-6-15-12(8-11)13-9-20-10-14(17(19)23)16(13)21-15/h5-6,8-10,21H,2-4,7H2,1H3,(H2,19,23). The van der Waals surface area contributed by atoms with Gasteiger partial charge in [-0.05, 0) is 24.6 Å². The van der Waals surface area contributed by atoms with Crippen molar-refractivity contribution < 1.29 is 9.28 Å². The van der Waals surface area contributed by atoms with Crippen LogP contribution in [0.2, 0.25) is 0 Å². The molecule has 3 N–H and O–H groups in total. The number of nitrogens with zero attached hydrogens (tertiary/aromatic N) is 2. The summed E-state index contributed by atoms with van der Waals surface area (Å²) in [6.07, 6.45) is 5.96. The fraction of sp³-hybridized carbons (Fsp3) is 0.294. The predicted octanol–water partition coefficient (Wildman–Crippen LogP) is 3.70. The molecule has 6 heteroatoms. The Hall–Kier alpha value is -2.63. The first-order valence-electron chi connectivity index (χ1n) is 7.74. The van der Waals surface area contributed by atoms with E-state index in [4.69, 9.17) is 5.73 Å². The van der Waals surface area contributed by atoms with Gasteiger partial charge in [0.2, 0.25) is 0 Å². The molecular formula is C17H19FN4O. The minimum absolute atomic E-state index is 0.334. The SMILES string of the molecule is CCCCCN(F)c1ccc2[nH]c3c(C(N)=O)cncc3c2c1. The minimum atomic E-state index is -0.540. The largest absolute Gasteiger partial charge is 0.365 e. The van der Waals surface area contributed by atoms with E-state index in [9.17, 15) is 9.28 Å². The molecule has 0 saturated heterocycles. The number of hydrogen-bond acceptors (Lipinski definition) is 3. The number of carbonyl (C=O) groups excluding carboxylic acids is 1. The van der Waals surface area contributed by atoms with Gasteiger partial charge in [0, 0.05) is 28.7 Å². The van der Waals surface area contributed by atoms with Crippen LogP contribution in [0, 0.1) is 0 Å². The number of pyridine rings is 1. The minimum Gasteiger partial charge on any atom is -0.365 e. The van der Waals surface area contributed by atoms with E-state index in [0.717, 1.165) is 40.7 Å². The summed E-state index contributed by atoms with van der Waals surface area (Å²) in [7, 11) is 0. The maximum absolute atomic E-state index is 14.2. The molecule has 0 spiro atoms. The Labute approximate surface area is 133 Å². The Morgan fingerprint density at radius 2 is 2.13 bits per heavy atom. The van der Waals surface area contributed by atoms with Gasteiger partial charge in [-0.15, -0.1) is 0 Å². The zero-order valence-electron chi connectivity index (χ0n) is 13.0. The van der Waals surface area contributed by atoms with E-state index in [1.54, 1.807) is 18.3 Å². The number of carbonyl (C=O) groups is 1. The molecule has 120 valence electrons. The molecule has 0 radical (unpaired) electrons. The summed E-state index contributed by atoms with van der Waals surface area (Å²) in [5, 5.41) is 2.35. The zero-order chi connectivity index (χ0) is 16.4. The molecule has 23 heavy (non-hydrogen) atoms. The van der Waals surface area contributed by atoms with Crippen LogP contribution in [-0.2, 0) is 0 Å². The number of unbranched alkanes of at least 4 members (excludes halogenated alkanes) is 2. The number of primary amides is 1. The van der Waals surface area contributed by atoms with Gasteiger partial charge in [0.1, 0.15) is 0 Å². The molecular weight excluding hydrogens is 295 g/mol. The van der Waals surface area contributed by atoms with Crippen LogP contribution in [0.3, 0.4) is 0 Å². The highest BCUT2D eigenvalue weighted by molar-refractivity contribution is 6.14. The smallest absolute Gasteiger partial charge is 0.252 e.